The highest BCUT2D eigenvalue weighted by Gasteiger charge is 2.43. The first-order valence-electron chi connectivity index (χ1n) is 16.9. The van der Waals surface area contributed by atoms with Crippen LogP contribution in [0.5, 0.6) is 0 Å². The highest BCUT2D eigenvalue weighted by atomic mass is 16.3. The minimum absolute atomic E-state index is 0.0236. The van der Waals surface area contributed by atoms with Crippen LogP contribution in [0.1, 0.15) is 29.5 Å². The first-order chi connectivity index (χ1) is 24.2. The average Bonchev–Trinajstić information content (AvgIpc) is 3.73. The van der Waals surface area contributed by atoms with E-state index >= 15 is 0 Å². The minimum Gasteiger partial charge on any atom is -0.391 e. The molecule has 2 fully saturated rings. The molecule has 2 aromatic carbocycles. The molecule has 2 aliphatic rings. The lowest BCUT2D eigenvalue weighted by atomic mass is 10.0. The van der Waals surface area contributed by atoms with Crippen molar-refractivity contribution < 1.29 is 29.1 Å². The summed E-state index contributed by atoms with van der Waals surface area (Å²) in [4.78, 5) is 78.9. The summed E-state index contributed by atoms with van der Waals surface area (Å²) in [6.07, 6.45) is 4.89. The molecule has 4 heterocycles. The van der Waals surface area contributed by atoms with Crippen LogP contribution in [0.25, 0.3) is 10.9 Å². The monoisotopic (exact) mass is 679 g/mol. The van der Waals surface area contributed by atoms with E-state index in [0.29, 0.717) is 6.42 Å². The number of aromatic nitrogens is 2. The Morgan fingerprint density at radius 1 is 0.880 bits per heavy atom. The van der Waals surface area contributed by atoms with Gasteiger partial charge in [-0.3, -0.25) is 29.0 Å². The molecule has 4 aromatic rings. The van der Waals surface area contributed by atoms with Crippen LogP contribution in [-0.4, -0.2) is 105 Å². The van der Waals surface area contributed by atoms with Crippen molar-refractivity contribution in [2.45, 2.75) is 56.3 Å². The Morgan fingerprint density at radius 2 is 1.66 bits per heavy atom. The highest BCUT2D eigenvalue weighted by molar-refractivity contribution is 5.96. The summed E-state index contributed by atoms with van der Waals surface area (Å²) in [5.41, 5.74) is 3.31. The Morgan fingerprint density at radius 3 is 2.46 bits per heavy atom. The molecule has 0 spiro atoms. The molecule has 0 radical (unpaired) electrons. The number of aromatic amines is 1. The number of nitrogens with zero attached hydrogens (tertiary/aromatic N) is 3. The first-order valence-corrected chi connectivity index (χ1v) is 16.9. The zero-order valence-electron chi connectivity index (χ0n) is 27.6. The molecule has 5 N–H and O–H groups in total. The number of nitrogens with one attached hydrogen (secondary N) is 4. The summed E-state index contributed by atoms with van der Waals surface area (Å²) in [5.74, 6) is -2.47. The number of hydrogen-bond donors (Lipinski definition) is 5. The standard InChI is InChI=1S/C37H41N7O6/c45-27-19-32-36(49)42-30(17-24-7-2-1-3-8-24)35(48)39-15-16-43(34(47)13-12-25-9-6-14-38-20-25)23-33(46)41-31(37(50)44(32)22-27)18-26-21-40-29-11-5-4-10-28(26)29/h1-11,14,20-21,27,30-32,40,45H,12-13,15-19,22-23H2,(H,39,48)(H,41,46)(H,42,49)/t27-,30+,31-,32+/m1/s1. The molecule has 5 amide bonds. The van der Waals surface area contributed by atoms with E-state index in [-0.39, 0.29) is 57.8 Å². The number of hydrogen-bond acceptors (Lipinski definition) is 7. The van der Waals surface area contributed by atoms with Crippen LogP contribution in [0.2, 0.25) is 0 Å². The Labute approximate surface area is 289 Å². The highest BCUT2D eigenvalue weighted by Crippen LogP contribution is 2.24. The summed E-state index contributed by atoms with van der Waals surface area (Å²) < 4.78 is 0. The Bertz CT molecular complexity index is 1830. The molecule has 2 aromatic heterocycles. The molecule has 2 saturated heterocycles. The fourth-order valence-electron chi connectivity index (χ4n) is 6.65. The number of rotatable bonds is 7. The van der Waals surface area contributed by atoms with Gasteiger partial charge in [0.25, 0.3) is 0 Å². The number of pyridine rings is 1. The number of aliphatic hydroxyl groups excluding tert-OH is 1. The maximum absolute atomic E-state index is 14.3. The van der Waals surface area contributed by atoms with Crippen LogP contribution in [0.4, 0.5) is 0 Å². The second-order valence-corrected chi connectivity index (χ2v) is 12.8. The number of benzene rings is 2. The second kappa shape index (κ2) is 15.8. The van der Waals surface area contributed by atoms with E-state index in [1.54, 1.807) is 24.7 Å². The van der Waals surface area contributed by atoms with E-state index in [2.05, 4.69) is 25.9 Å². The first kappa shape index (κ1) is 34.3. The number of amides is 5. The van der Waals surface area contributed by atoms with Crippen molar-refractivity contribution in [1.29, 1.82) is 0 Å². The van der Waals surface area contributed by atoms with Crippen molar-refractivity contribution in [2.24, 2.45) is 0 Å². The largest absolute Gasteiger partial charge is 0.391 e. The molecule has 260 valence electrons. The predicted octanol–water partition coefficient (Wildman–Crippen LogP) is 0.871. The van der Waals surface area contributed by atoms with Gasteiger partial charge in [-0.2, -0.15) is 0 Å². The van der Waals surface area contributed by atoms with E-state index < -0.39 is 47.9 Å². The van der Waals surface area contributed by atoms with Gasteiger partial charge in [-0.1, -0.05) is 54.6 Å². The number of aliphatic hydroxyl groups is 1. The molecular weight excluding hydrogens is 638 g/mol. The SMILES string of the molecule is O=C1CN(C(=O)CCc2cccnc2)CCNC(=O)[C@H](Cc2ccccc2)NC(=O)[C@@H]2C[C@@H](O)CN2C(=O)[C@@H](Cc2c[nH]c3ccccc23)N1. The van der Waals surface area contributed by atoms with Gasteiger partial charge in [-0.05, 0) is 35.2 Å². The summed E-state index contributed by atoms with van der Waals surface area (Å²) in [6.45, 7) is -0.418. The molecule has 50 heavy (non-hydrogen) atoms. The Hall–Kier alpha value is -5.56. The molecule has 0 saturated carbocycles. The van der Waals surface area contributed by atoms with E-state index in [1.807, 2.05) is 60.7 Å². The molecule has 4 atom stereocenters. The van der Waals surface area contributed by atoms with Gasteiger partial charge in [0.2, 0.25) is 29.5 Å². The van der Waals surface area contributed by atoms with E-state index in [0.717, 1.165) is 27.6 Å². The third-order valence-electron chi connectivity index (χ3n) is 9.23. The van der Waals surface area contributed by atoms with Gasteiger partial charge in [0.15, 0.2) is 0 Å². The number of aryl methyl sites for hydroxylation is 1. The van der Waals surface area contributed by atoms with Crippen molar-refractivity contribution in [3.63, 3.8) is 0 Å². The van der Waals surface area contributed by atoms with Crippen LogP contribution in [0.3, 0.4) is 0 Å². The van der Waals surface area contributed by atoms with Gasteiger partial charge in [-0.25, -0.2) is 0 Å². The number of carbonyl (C=O) groups excluding carboxylic acids is 5. The fraction of sp³-hybridized carbons (Fsp3) is 0.351. The molecule has 2 aliphatic heterocycles. The number of para-hydroxylation sites is 1. The molecule has 0 unspecified atom stereocenters. The van der Waals surface area contributed by atoms with Gasteiger partial charge >= 0.3 is 0 Å². The van der Waals surface area contributed by atoms with Crippen molar-refractivity contribution in [1.82, 2.24) is 35.7 Å². The topological polar surface area (TPSA) is 177 Å². The quantitative estimate of drug-likeness (QED) is 0.193. The van der Waals surface area contributed by atoms with Crippen LogP contribution < -0.4 is 16.0 Å². The average molecular weight is 680 g/mol. The summed E-state index contributed by atoms with van der Waals surface area (Å²) in [6, 6.07) is 17.3. The van der Waals surface area contributed by atoms with E-state index in [4.69, 9.17) is 0 Å². The lowest BCUT2D eigenvalue weighted by Gasteiger charge is -2.30. The number of carbonyl (C=O) groups is 5. The zero-order valence-corrected chi connectivity index (χ0v) is 27.6. The second-order valence-electron chi connectivity index (χ2n) is 12.8. The van der Waals surface area contributed by atoms with Crippen molar-refractivity contribution in [3.05, 3.63) is 102 Å². The molecular formula is C37H41N7O6. The van der Waals surface area contributed by atoms with E-state index in [1.165, 1.54) is 9.80 Å². The zero-order chi connectivity index (χ0) is 35.0. The predicted molar refractivity (Wildman–Crippen MR) is 184 cm³/mol. The van der Waals surface area contributed by atoms with Gasteiger partial charge in [0, 0.05) is 74.8 Å². The normalized spacial score (nSPS) is 22.3. The summed E-state index contributed by atoms with van der Waals surface area (Å²) >= 11 is 0. The fourth-order valence-corrected chi connectivity index (χ4v) is 6.65. The Balaban J connectivity index is 1.30. The smallest absolute Gasteiger partial charge is 0.246 e. The maximum Gasteiger partial charge on any atom is 0.246 e. The number of fused-ring (bicyclic) bond motifs is 2. The molecule has 13 heteroatoms. The summed E-state index contributed by atoms with van der Waals surface area (Å²) in [7, 11) is 0. The van der Waals surface area contributed by atoms with Crippen molar-refractivity contribution >= 4 is 40.4 Å². The van der Waals surface area contributed by atoms with Crippen LogP contribution in [0.15, 0.2) is 85.3 Å². The minimum atomic E-state index is -1.11. The lowest BCUT2D eigenvalue weighted by molar-refractivity contribution is -0.142. The lowest BCUT2D eigenvalue weighted by Crippen LogP contribution is -2.57. The van der Waals surface area contributed by atoms with Crippen molar-refractivity contribution in [3.8, 4) is 0 Å². The molecule has 0 bridgehead atoms. The van der Waals surface area contributed by atoms with Gasteiger partial charge in [0.05, 0.1) is 12.6 Å². The van der Waals surface area contributed by atoms with Crippen molar-refractivity contribution in [2.75, 3.05) is 26.2 Å². The third kappa shape index (κ3) is 8.35. The third-order valence-corrected chi connectivity index (χ3v) is 9.23. The Kier molecular flexibility index (Phi) is 10.8. The van der Waals surface area contributed by atoms with Gasteiger partial charge in [0.1, 0.15) is 18.1 Å². The van der Waals surface area contributed by atoms with Gasteiger partial charge in [-0.15, -0.1) is 0 Å². The van der Waals surface area contributed by atoms with E-state index in [9.17, 15) is 29.1 Å². The van der Waals surface area contributed by atoms with Crippen LogP contribution in [0, 0.1) is 0 Å². The van der Waals surface area contributed by atoms with Crippen LogP contribution >= 0.6 is 0 Å². The molecule has 6 rings (SSSR count). The van der Waals surface area contributed by atoms with Gasteiger partial charge < -0.3 is 35.8 Å². The maximum atomic E-state index is 14.3. The molecule has 0 aliphatic carbocycles. The summed E-state index contributed by atoms with van der Waals surface area (Å²) in [5, 5.41) is 20.1. The van der Waals surface area contributed by atoms with Crippen LogP contribution in [-0.2, 0) is 43.2 Å². The molecule has 13 nitrogen and oxygen atoms in total. The number of H-pyrrole nitrogens is 1.